The fourth-order valence-corrected chi connectivity index (χ4v) is 2.30. The molecule has 1 heterocycles. The van der Waals surface area contributed by atoms with Gasteiger partial charge in [-0.15, -0.1) is 10.2 Å². The van der Waals surface area contributed by atoms with Gasteiger partial charge in [0.1, 0.15) is 15.6 Å². The average Bonchev–Trinajstić information content (AvgIpc) is 2.92. The molecule has 0 aliphatic rings. The number of hydrogen-bond acceptors (Lipinski definition) is 4. The maximum atomic E-state index is 5.40. The van der Waals surface area contributed by atoms with Crippen LogP contribution in [0.1, 0.15) is 38.3 Å². The van der Waals surface area contributed by atoms with Crippen molar-refractivity contribution in [3.05, 3.63) is 34.8 Å². The lowest BCUT2D eigenvalue weighted by Gasteiger charge is -2.18. The van der Waals surface area contributed by atoms with Crippen molar-refractivity contribution < 1.29 is 4.74 Å². The van der Waals surface area contributed by atoms with Gasteiger partial charge in [0.15, 0.2) is 0 Å². The Morgan fingerprint density at radius 3 is 2.16 bits per heavy atom. The van der Waals surface area contributed by atoms with Crippen molar-refractivity contribution in [2.45, 2.75) is 40.2 Å². The van der Waals surface area contributed by atoms with E-state index in [1.165, 1.54) is 5.56 Å². The lowest BCUT2D eigenvalue weighted by atomic mass is 10.1. The lowest BCUT2D eigenvalue weighted by Crippen LogP contribution is -2.18. The van der Waals surface area contributed by atoms with Crippen LogP contribution in [0.15, 0.2) is 24.3 Å². The summed E-state index contributed by atoms with van der Waals surface area (Å²) in [5, 5.41) is 10.3. The molecule has 0 saturated carbocycles. The van der Waals surface area contributed by atoms with Crippen molar-refractivity contribution in [3.8, 4) is 10.6 Å². The van der Waals surface area contributed by atoms with E-state index < -0.39 is 0 Å². The molecular weight excluding hydrogens is 256 g/mol. The van der Waals surface area contributed by atoms with Crippen LogP contribution in [0.2, 0.25) is 0 Å². The number of methoxy groups -OCH3 is 1. The van der Waals surface area contributed by atoms with E-state index in [1.807, 2.05) is 27.7 Å². The molecule has 0 bridgehead atoms. The van der Waals surface area contributed by atoms with Crippen molar-refractivity contribution in [2.24, 2.45) is 0 Å². The number of hydrogen-bond donors (Lipinski definition) is 0. The van der Waals surface area contributed by atoms with Gasteiger partial charge in [0.05, 0.1) is 0 Å². The van der Waals surface area contributed by atoms with Crippen molar-refractivity contribution in [1.29, 1.82) is 0 Å². The Morgan fingerprint density at radius 1 is 1.05 bits per heavy atom. The molecule has 0 spiro atoms. The number of rotatable bonds is 3. The van der Waals surface area contributed by atoms with E-state index in [9.17, 15) is 0 Å². The molecule has 0 atom stereocenters. The standard InChI is InChI=1S/C13H16N2OS.C2H6/c1-9-5-7-10(8-6-9)11-14-15-12(17-11)13(2,3)16-4;1-2/h5-8H,1-4H3;1-2H3. The molecule has 0 radical (unpaired) electrons. The molecule has 1 aromatic heterocycles. The van der Waals surface area contributed by atoms with Crippen molar-refractivity contribution in [3.63, 3.8) is 0 Å². The molecule has 104 valence electrons. The van der Waals surface area contributed by atoms with Crippen LogP contribution in [-0.4, -0.2) is 17.3 Å². The zero-order chi connectivity index (χ0) is 14.5. The van der Waals surface area contributed by atoms with Crippen LogP contribution in [0.3, 0.4) is 0 Å². The smallest absolute Gasteiger partial charge is 0.149 e. The average molecular weight is 278 g/mol. The predicted octanol–water partition coefficient (Wildman–Crippen LogP) is 4.42. The summed E-state index contributed by atoms with van der Waals surface area (Å²) in [6, 6.07) is 8.30. The third-order valence-electron chi connectivity index (χ3n) is 2.75. The Labute approximate surface area is 119 Å². The van der Waals surface area contributed by atoms with Gasteiger partial charge in [0.25, 0.3) is 0 Å². The number of aryl methyl sites for hydroxylation is 1. The van der Waals surface area contributed by atoms with E-state index in [-0.39, 0.29) is 5.60 Å². The molecule has 0 amide bonds. The maximum Gasteiger partial charge on any atom is 0.149 e. The Kier molecular flexibility index (Phi) is 5.63. The molecule has 0 saturated heterocycles. The molecule has 4 heteroatoms. The molecule has 2 aromatic rings. The van der Waals surface area contributed by atoms with Crippen molar-refractivity contribution in [2.75, 3.05) is 7.11 Å². The number of ether oxygens (including phenoxy) is 1. The zero-order valence-corrected chi connectivity index (χ0v) is 13.3. The molecule has 0 fully saturated rings. The van der Waals surface area contributed by atoms with Gasteiger partial charge >= 0.3 is 0 Å². The van der Waals surface area contributed by atoms with E-state index in [4.69, 9.17) is 4.74 Å². The summed E-state index contributed by atoms with van der Waals surface area (Å²) in [5.74, 6) is 0. The molecule has 0 aliphatic carbocycles. The first kappa shape index (κ1) is 15.8. The highest BCUT2D eigenvalue weighted by molar-refractivity contribution is 7.14. The van der Waals surface area contributed by atoms with Crippen LogP contribution in [0.5, 0.6) is 0 Å². The van der Waals surface area contributed by atoms with Gasteiger partial charge in [0.2, 0.25) is 0 Å². The van der Waals surface area contributed by atoms with Gasteiger partial charge in [0, 0.05) is 12.7 Å². The highest BCUT2D eigenvalue weighted by Crippen LogP contribution is 2.31. The van der Waals surface area contributed by atoms with Gasteiger partial charge in [-0.1, -0.05) is 55.0 Å². The molecule has 3 nitrogen and oxygen atoms in total. The third kappa shape index (κ3) is 3.85. The zero-order valence-electron chi connectivity index (χ0n) is 12.5. The van der Waals surface area contributed by atoms with Gasteiger partial charge in [-0.2, -0.15) is 0 Å². The molecule has 1 aromatic carbocycles. The molecule has 0 N–H and O–H groups in total. The van der Waals surface area contributed by atoms with E-state index in [2.05, 4.69) is 41.4 Å². The Hall–Kier alpha value is -1.26. The molecule has 0 aliphatic heterocycles. The number of nitrogens with zero attached hydrogens (tertiary/aromatic N) is 2. The second-order valence-corrected chi connectivity index (χ2v) is 5.47. The van der Waals surface area contributed by atoms with E-state index >= 15 is 0 Å². The maximum absolute atomic E-state index is 5.40. The summed E-state index contributed by atoms with van der Waals surface area (Å²) in [4.78, 5) is 0. The fraction of sp³-hybridized carbons (Fsp3) is 0.467. The topological polar surface area (TPSA) is 35.0 Å². The van der Waals surface area contributed by atoms with Gasteiger partial charge in [-0.05, 0) is 20.8 Å². The summed E-state index contributed by atoms with van der Waals surface area (Å²) in [6.45, 7) is 10.1. The fourth-order valence-electron chi connectivity index (χ4n) is 1.37. The van der Waals surface area contributed by atoms with Gasteiger partial charge in [-0.25, -0.2) is 0 Å². The summed E-state index contributed by atoms with van der Waals surface area (Å²) < 4.78 is 5.40. The van der Waals surface area contributed by atoms with Gasteiger partial charge < -0.3 is 4.74 Å². The molecular formula is C15H22N2OS. The highest BCUT2D eigenvalue weighted by Gasteiger charge is 2.24. The SMILES string of the molecule is CC.COC(C)(C)c1nnc(-c2ccc(C)cc2)s1. The van der Waals surface area contributed by atoms with Crippen molar-refractivity contribution in [1.82, 2.24) is 10.2 Å². The Morgan fingerprint density at radius 2 is 1.63 bits per heavy atom. The lowest BCUT2D eigenvalue weighted by molar-refractivity contribution is 0.0185. The predicted molar refractivity (Wildman–Crippen MR) is 81.5 cm³/mol. The Bertz CT molecular complexity index is 503. The van der Waals surface area contributed by atoms with Crippen LogP contribution in [0, 0.1) is 6.92 Å². The first-order valence-electron chi connectivity index (χ1n) is 6.49. The molecule has 2 rings (SSSR count). The highest BCUT2D eigenvalue weighted by atomic mass is 32.1. The summed E-state index contributed by atoms with van der Waals surface area (Å²) >= 11 is 1.58. The first-order chi connectivity index (χ1) is 9.03. The summed E-state index contributed by atoms with van der Waals surface area (Å²) in [6.07, 6.45) is 0. The minimum absolute atomic E-state index is 0.374. The number of aromatic nitrogens is 2. The summed E-state index contributed by atoms with van der Waals surface area (Å²) in [5.41, 5.74) is 1.97. The van der Waals surface area contributed by atoms with E-state index in [1.54, 1.807) is 18.4 Å². The van der Waals surface area contributed by atoms with E-state index in [0.717, 1.165) is 15.6 Å². The van der Waals surface area contributed by atoms with Crippen LogP contribution >= 0.6 is 11.3 Å². The second-order valence-electron chi connectivity index (χ2n) is 4.49. The minimum Gasteiger partial charge on any atom is -0.372 e. The third-order valence-corrected chi connectivity index (χ3v) is 4.03. The quantitative estimate of drug-likeness (QED) is 0.833. The molecule has 19 heavy (non-hydrogen) atoms. The normalized spacial score (nSPS) is 10.8. The van der Waals surface area contributed by atoms with Crippen LogP contribution in [0.25, 0.3) is 10.6 Å². The van der Waals surface area contributed by atoms with E-state index in [0.29, 0.717) is 0 Å². The van der Waals surface area contributed by atoms with Crippen LogP contribution in [0.4, 0.5) is 0 Å². The summed E-state index contributed by atoms with van der Waals surface area (Å²) in [7, 11) is 1.69. The minimum atomic E-state index is -0.374. The first-order valence-corrected chi connectivity index (χ1v) is 7.31. The monoisotopic (exact) mass is 278 g/mol. The molecule has 0 unspecified atom stereocenters. The van der Waals surface area contributed by atoms with Crippen LogP contribution < -0.4 is 0 Å². The number of benzene rings is 1. The van der Waals surface area contributed by atoms with Crippen LogP contribution in [-0.2, 0) is 10.3 Å². The Balaban J connectivity index is 0.000000861. The largest absolute Gasteiger partial charge is 0.372 e. The van der Waals surface area contributed by atoms with Crippen molar-refractivity contribution >= 4 is 11.3 Å². The second kappa shape index (κ2) is 6.78. The van der Waals surface area contributed by atoms with Gasteiger partial charge in [-0.3, -0.25) is 0 Å².